The molecule has 20 heavy (non-hydrogen) atoms. The van der Waals surface area contributed by atoms with E-state index < -0.39 is 12.0 Å². The van der Waals surface area contributed by atoms with Crippen molar-refractivity contribution in [2.45, 2.75) is 12.5 Å². The van der Waals surface area contributed by atoms with Gasteiger partial charge in [-0.15, -0.1) is 0 Å². The Bertz CT molecular complexity index is 582. The summed E-state index contributed by atoms with van der Waals surface area (Å²) in [5, 5.41) is 8.69. The minimum atomic E-state index is -0.947. The van der Waals surface area contributed by atoms with Crippen molar-refractivity contribution in [3.63, 3.8) is 0 Å². The Kier molecular flexibility index (Phi) is 4.27. The first kappa shape index (κ1) is 14.0. The summed E-state index contributed by atoms with van der Waals surface area (Å²) in [7, 11) is 1.60. The van der Waals surface area contributed by atoms with Crippen LogP contribution in [0.1, 0.15) is 18.0 Å². The van der Waals surface area contributed by atoms with E-state index in [0.29, 0.717) is 11.4 Å². The van der Waals surface area contributed by atoms with Gasteiger partial charge < -0.3 is 15.6 Å². The molecule has 0 saturated heterocycles. The molecule has 6 heteroatoms. The van der Waals surface area contributed by atoms with Crippen LogP contribution < -0.4 is 10.5 Å². The van der Waals surface area contributed by atoms with Crippen LogP contribution in [-0.4, -0.2) is 28.2 Å². The zero-order valence-corrected chi connectivity index (χ0v) is 11.0. The lowest BCUT2D eigenvalue weighted by molar-refractivity contribution is -0.137. The SMILES string of the molecule is COc1ccc(-c2ncc(C(N)CC(=O)O)cn2)cc1. The molecule has 6 nitrogen and oxygen atoms in total. The molecular weight excluding hydrogens is 258 g/mol. The van der Waals surface area contributed by atoms with E-state index in [0.717, 1.165) is 11.3 Å². The van der Waals surface area contributed by atoms with E-state index in [4.69, 9.17) is 15.6 Å². The molecule has 0 spiro atoms. The van der Waals surface area contributed by atoms with E-state index in [1.807, 2.05) is 24.3 Å². The predicted molar refractivity (Wildman–Crippen MR) is 73.2 cm³/mol. The zero-order valence-electron chi connectivity index (χ0n) is 11.0. The van der Waals surface area contributed by atoms with Crippen molar-refractivity contribution in [1.29, 1.82) is 0 Å². The number of nitrogens with two attached hydrogens (primary N) is 1. The Labute approximate surface area is 116 Å². The van der Waals surface area contributed by atoms with Crippen molar-refractivity contribution in [2.24, 2.45) is 5.73 Å². The first-order valence-electron chi connectivity index (χ1n) is 6.04. The zero-order chi connectivity index (χ0) is 14.5. The highest BCUT2D eigenvalue weighted by Gasteiger charge is 2.12. The van der Waals surface area contributed by atoms with Crippen molar-refractivity contribution in [1.82, 2.24) is 9.97 Å². The van der Waals surface area contributed by atoms with E-state index in [9.17, 15) is 4.79 Å². The number of hydrogen-bond donors (Lipinski definition) is 2. The summed E-state index contributed by atoms with van der Waals surface area (Å²) in [5.74, 6) is 0.365. The average molecular weight is 273 g/mol. The largest absolute Gasteiger partial charge is 0.497 e. The van der Waals surface area contributed by atoms with Gasteiger partial charge in [0.25, 0.3) is 0 Å². The Balaban J connectivity index is 2.16. The number of hydrogen-bond acceptors (Lipinski definition) is 5. The lowest BCUT2D eigenvalue weighted by Gasteiger charge is -2.09. The molecule has 0 fully saturated rings. The molecule has 1 aromatic carbocycles. The van der Waals surface area contributed by atoms with Gasteiger partial charge in [-0.05, 0) is 24.3 Å². The topological polar surface area (TPSA) is 98.3 Å². The fraction of sp³-hybridized carbons (Fsp3) is 0.214. The van der Waals surface area contributed by atoms with Gasteiger partial charge in [0.15, 0.2) is 5.82 Å². The standard InChI is InChI=1S/C14H15N3O3/c1-20-11-4-2-9(3-5-11)14-16-7-10(8-17-14)12(15)6-13(18)19/h2-5,7-8,12H,6,15H2,1H3,(H,18,19). The normalized spacial score (nSPS) is 11.9. The second-order valence-electron chi connectivity index (χ2n) is 4.27. The molecule has 0 bridgehead atoms. The summed E-state index contributed by atoms with van der Waals surface area (Å²) < 4.78 is 5.08. The van der Waals surface area contributed by atoms with E-state index in [2.05, 4.69) is 9.97 Å². The van der Waals surface area contributed by atoms with Crippen LogP contribution in [-0.2, 0) is 4.79 Å². The Morgan fingerprint density at radius 1 is 1.30 bits per heavy atom. The fourth-order valence-corrected chi connectivity index (χ4v) is 1.72. The maximum Gasteiger partial charge on any atom is 0.305 e. The fourth-order valence-electron chi connectivity index (χ4n) is 1.72. The number of carboxylic acid groups (broad SMARTS) is 1. The van der Waals surface area contributed by atoms with E-state index >= 15 is 0 Å². The summed E-state index contributed by atoms with van der Waals surface area (Å²) in [6.45, 7) is 0. The van der Waals surface area contributed by atoms with Crippen molar-refractivity contribution >= 4 is 5.97 Å². The Morgan fingerprint density at radius 2 is 1.90 bits per heavy atom. The summed E-state index contributed by atoms with van der Waals surface area (Å²) in [6, 6.07) is 6.75. The second-order valence-corrected chi connectivity index (χ2v) is 4.27. The van der Waals surface area contributed by atoms with Gasteiger partial charge in [-0.1, -0.05) is 0 Å². The number of carbonyl (C=O) groups is 1. The number of methoxy groups -OCH3 is 1. The summed E-state index contributed by atoms with van der Waals surface area (Å²) in [5.41, 5.74) is 7.20. The molecule has 0 aliphatic heterocycles. The molecule has 0 radical (unpaired) electrons. The third kappa shape index (κ3) is 3.30. The van der Waals surface area contributed by atoms with Crippen LogP contribution in [0.4, 0.5) is 0 Å². The molecule has 0 aliphatic rings. The lowest BCUT2D eigenvalue weighted by atomic mass is 10.1. The van der Waals surface area contributed by atoms with Crippen molar-refractivity contribution < 1.29 is 14.6 Å². The molecule has 1 heterocycles. The molecule has 1 unspecified atom stereocenters. The monoisotopic (exact) mass is 273 g/mol. The number of aliphatic carboxylic acids is 1. The molecule has 1 aromatic heterocycles. The summed E-state index contributed by atoms with van der Waals surface area (Å²) >= 11 is 0. The maximum absolute atomic E-state index is 10.6. The van der Waals surface area contributed by atoms with E-state index in [1.165, 1.54) is 0 Å². The van der Waals surface area contributed by atoms with Crippen molar-refractivity contribution in [3.05, 3.63) is 42.2 Å². The van der Waals surface area contributed by atoms with Gasteiger partial charge >= 0.3 is 5.97 Å². The smallest absolute Gasteiger partial charge is 0.305 e. The van der Waals surface area contributed by atoms with Gasteiger partial charge in [0.1, 0.15) is 5.75 Å². The first-order chi connectivity index (χ1) is 9.60. The lowest BCUT2D eigenvalue weighted by Crippen LogP contribution is -2.15. The van der Waals surface area contributed by atoms with Crippen molar-refractivity contribution in [3.8, 4) is 17.1 Å². The minimum Gasteiger partial charge on any atom is -0.497 e. The first-order valence-corrected chi connectivity index (χ1v) is 6.04. The van der Waals surface area contributed by atoms with Gasteiger partial charge in [-0.25, -0.2) is 9.97 Å². The number of rotatable bonds is 5. The molecule has 0 amide bonds. The van der Waals surface area contributed by atoms with Crippen LogP contribution >= 0.6 is 0 Å². The van der Waals surface area contributed by atoms with Crippen LogP contribution in [0.5, 0.6) is 5.75 Å². The van der Waals surface area contributed by atoms with Gasteiger partial charge in [0.05, 0.1) is 13.5 Å². The summed E-state index contributed by atoms with van der Waals surface area (Å²) in [6.07, 6.45) is 2.96. The van der Waals surface area contributed by atoms with Gasteiger partial charge in [-0.2, -0.15) is 0 Å². The number of nitrogens with zero attached hydrogens (tertiary/aromatic N) is 2. The van der Waals surface area contributed by atoms with E-state index in [-0.39, 0.29) is 6.42 Å². The highest BCUT2D eigenvalue weighted by molar-refractivity contribution is 5.67. The molecule has 0 saturated carbocycles. The minimum absolute atomic E-state index is 0.148. The molecule has 2 rings (SSSR count). The quantitative estimate of drug-likeness (QED) is 0.859. The third-order valence-electron chi connectivity index (χ3n) is 2.84. The average Bonchev–Trinajstić information content (AvgIpc) is 2.47. The Hall–Kier alpha value is -2.47. The molecule has 1 atom stereocenters. The molecule has 104 valence electrons. The van der Waals surface area contributed by atoms with Crippen LogP contribution in [0.25, 0.3) is 11.4 Å². The Morgan fingerprint density at radius 3 is 2.40 bits per heavy atom. The van der Waals surface area contributed by atoms with Gasteiger partial charge in [0, 0.05) is 29.6 Å². The highest BCUT2D eigenvalue weighted by atomic mass is 16.5. The van der Waals surface area contributed by atoms with Gasteiger partial charge in [-0.3, -0.25) is 4.79 Å². The second kappa shape index (κ2) is 6.12. The van der Waals surface area contributed by atoms with E-state index in [1.54, 1.807) is 19.5 Å². The molecular formula is C14H15N3O3. The maximum atomic E-state index is 10.6. The summed E-state index contributed by atoms with van der Waals surface area (Å²) in [4.78, 5) is 19.0. The van der Waals surface area contributed by atoms with Crippen LogP contribution in [0.2, 0.25) is 0 Å². The number of ether oxygens (including phenoxy) is 1. The predicted octanol–water partition coefficient (Wildman–Crippen LogP) is 1.63. The van der Waals surface area contributed by atoms with Crippen LogP contribution in [0.3, 0.4) is 0 Å². The number of aromatic nitrogens is 2. The highest BCUT2D eigenvalue weighted by Crippen LogP contribution is 2.20. The van der Waals surface area contributed by atoms with Crippen LogP contribution in [0.15, 0.2) is 36.7 Å². The number of benzene rings is 1. The molecule has 2 aromatic rings. The van der Waals surface area contributed by atoms with Crippen LogP contribution in [0, 0.1) is 0 Å². The third-order valence-corrected chi connectivity index (χ3v) is 2.84. The number of carboxylic acids is 1. The van der Waals surface area contributed by atoms with Crippen molar-refractivity contribution in [2.75, 3.05) is 7.11 Å². The van der Waals surface area contributed by atoms with Gasteiger partial charge in [0.2, 0.25) is 0 Å². The molecule has 3 N–H and O–H groups in total. The molecule has 0 aliphatic carbocycles.